The molecule has 0 fully saturated rings. The molecule has 20 heavy (non-hydrogen) atoms. The Labute approximate surface area is 129 Å². The van der Waals surface area contributed by atoms with Crippen LogP contribution in [-0.4, -0.2) is 4.98 Å². The number of hydrogen-bond acceptors (Lipinski definition) is 2. The number of ether oxygens (including phenoxy) is 1. The van der Waals surface area contributed by atoms with Crippen LogP contribution in [0.15, 0.2) is 47.1 Å². The second kappa shape index (κ2) is 6.40. The van der Waals surface area contributed by atoms with Gasteiger partial charge in [-0.25, -0.2) is 0 Å². The first kappa shape index (κ1) is 15.0. The summed E-state index contributed by atoms with van der Waals surface area (Å²) in [5.74, 6) is 0.880. The monoisotopic (exact) mass is 333 g/mol. The van der Waals surface area contributed by atoms with Crippen LogP contribution in [0.1, 0.15) is 38.4 Å². The van der Waals surface area contributed by atoms with E-state index in [2.05, 4.69) is 53.8 Å². The molecule has 1 aromatic carbocycles. The van der Waals surface area contributed by atoms with Crippen LogP contribution in [0.3, 0.4) is 0 Å². The average molecular weight is 334 g/mol. The van der Waals surface area contributed by atoms with Gasteiger partial charge >= 0.3 is 0 Å². The summed E-state index contributed by atoms with van der Waals surface area (Å²) in [5, 5.41) is 0. The van der Waals surface area contributed by atoms with Gasteiger partial charge in [0.1, 0.15) is 12.4 Å². The van der Waals surface area contributed by atoms with Crippen molar-refractivity contribution in [3.8, 4) is 5.75 Å². The molecule has 2 rings (SSSR count). The molecule has 0 aliphatic carbocycles. The third-order valence-electron chi connectivity index (χ3n) is 3.70. The standard InChI is InChI=1S/C17H20BrNO/c1-4-17(2,3)13-5-9-16(10-6-13)20-12-15-8-7-14(18)11-19-15/h5-11H,4,12H2,1-3H3. The van der Waals surface area contributed by atoms with Crippen molar-refractivity contribution < 1.29 is 4.74 Å². The van der Waals surface area contributed by atoms with E-state index in [1.54, 1.807) is 6.20 Å². The SMILES string of the molecule is CCC(C)(C)c1ccc(OCc2ccc(Br)cn2)cc1. The van der Waals surface area contributed by atoms with Gasteiger partial charge in [-0.3, -0.25) is 4.98 Å². The molecule has 2 aromatic rings. The first-order valence-corrected chi connectivity index (χ1v) is 7.64. The molecule has 3 heteroatoms. The number of benzene rings is 1. The van der Waals surface area contributed by atoms with Crippen molar-refractivity contribution in [2.24, 2.45) is 0 Å². The molecule has 1 heterocycles. The number of hydrogen-bond donors (Lipinski definition) is 0. The molecule has 0 spiro atoms. The van der Waals surface area contributed by atoms with Crippen molar-refractivity contribution in [3.05, 3.63) is 58.3 Å². The van der Waals surface area contributed by atoms with Crippen molar-refractivity contribution in [1.82, 2.24) is 4.98 Å². The minimum Gasteiger partial charge on any atom is -0.487 e. The zero-order chi connectivity index (χ0) is 14.6. The summed E-state index contributed by atoms with van der Waals surface area (Å²) in [5.41, 5.74) is 2.48. The molecule has 0 N–H and O–H groups in total. The fourth-order valence-corrected chi connectivity index (χ4v) is 2.09. The van der Waals surface area contributed by atoms with E-state index in [1.807, 2.05) is 24.3 Å². The molecule has 0 aliphatic rings. The van der Waals surface area contributed by atoms with E-state index in [9.17, 15) is 0 Å². The second-order valence-electron chi connectivity index (χ2n) is 5.52. The van der Waals surface area contributed by atoms with E-state index in [0.717, 1.165) is 22.3 Å². The van der Waals surface area contributed by atoms with Gasteiger partial charge in [0, 0.05) is 10.7 Å². The highest BCUT2D eigenvalue weighted by atomic mass is 79.9. The Morgan fingerprint density at radius 2 is 1.80 bits per heavy atom. The maximum Gasteiger partial charge on any atom is 0.130 e. The molecular formula is C17H20BrNO. The van der Waals surface area contributed by atoms with Crippen molar-refractivity contribution in [1.29, 1.82) is 0 Å². The summed E-state index contributed by atoms with van der Waals surface area (Å²) in [7, 11) is 0. The Hall–Kier alpha value is -1.35. The molecule has 0 amide bonds. The topological polar surface area (TPSA) is 22.1 Å². The molecule has 0 unspecified atom stereocenters. The Kier molecular flexibility index (Phi) is 4.81. The minimum atomic E-state index is 0.214. The van der Waals surface area contributed by atoms with E-state index in [1.165, 1.54) is 5.56 Å². The van der Waals surface area contributed by atoms with Gasteiger partial charge in [-0.2, -0.15) is 0 Å². The Morgan fingerprint density at radius 1 is 1.10 bits per heavy atom. The largest absolute Gasteiger partial charge is 0.487 e. The molecule has 0 saturated heterocycles. The van der Waals surface area contributed by atoms with Crippen LogP contribution < -0.4 is 4.74 Å². The molecule has 0 saturated carbocycles. The van der Waals surface area contributed by atoms with Crippen LogP contribution in [0.25, 0.3) is 0 Å². The number of pyridine rings is 1. The highest BCUT2D eigenvalue weighted by Crippen LogP contribution is 2.28. The van der Waals surface area contributed by atoms with Crippen LogP contribution >= 0.6 is 15.9 Å². The van der Waals surface area contributed by atoms with Gasteiger partial charge in [0.2, 0.25) is 0 Å². The maximum atomic E-state index is 5.76. The zero-order valence-corrected chi connectivity index (χ0v) is 13.8. The second-order valence-corrected chi connectivity index (χ2v) is 6.43. The van der Waals surface area contributed by atoms with Crippen LogP contribution in [0.4, 0.5) is 0 Å². The van der Waals surface area contributed by atoms with Gasteiger partial charge in [-0.15, -0.1) is 0 Å². The van der Waals surface area contributed by atoms with E-state index in [4.69, 9.17) is 4.74 Å². The zero-order valence-electron chi connectivity index (χ0n) is 12.2. The highest BCUT2D eigenvalue weighted by molar-refractivity contribution is 9.10. The third-order valence-corrected chi connectivity index (χ3v) is 4.16. The number of aromatic nitrogens is 1. The van der Waals surface area contributed by atoms with Crippen LogP contribution in [0.5, 0.6) is 5.75 Å². The predicted octanol–water partition coefficient (Wildman–Crippen LogP) is 5.11. The Bertz CT molecular complexity index is 546. The Balaban J connectivity index is 1.99. The lowest BCUT2D eigenvalue weighted by molar-refractivity contribution is 0.301. The number of nitrogens with zero attached hydrogens (tertiary/aromatic N) is 1. The predicted molar refractivity (Wildman–Crippen MR) is 86.0 cm³/mol. The van der Waals surface area contributed by atoms with Crippen molar-refractivity contribution in [2.45, 2.75) is 39.2 Å². The van der Waals surface area contributed by atoms with Crippen molar-refractivity contribution in [3.63, 3.8) is 0 Å². The molecule has 106 valence electrons. The summed E-state index contributed by atoms with van der Waals surface area (Å²) >= 11 is 3.37. The third kappa shape index (κ3) is 3.83. The van der Waals surface area contributed by atoms with E-state index < -0.39 is 0 Å². The average Bonchev–Trinajstić information content (AvgIpc) is 2.47. The van der Waals surface area contributed by atoms with Crippen molar-refractivity contribution in [2.75, 3.05) is 0 Å². The smallest absolute Gasteiger partial charge is 0.130 e. The van der Waals surface area contributed by atoms with E-state index in [0.29, 0.717) is 6.61 Å². The lowest BCUT2D eigenvalue weighted by atomic mass is 9.82. The lowest BCUT2D eigenvalue weighted by Crippen LogP contribution is -2.15. The Morgan fingerprint density at radius 3 is 2.35 bits per heavy atom. The summed E-state index contributed by atoms with van der Waals surface area (Å²) in [4.78, 5) is 4.29. The molecular weight excluding hydrogens is 314 g/mol. The molecule has 0 atom stereocenters. The van der Waals surface area contributed by atoms with Gasteiger partial charge < -0.3 is 4.74 Å². The van der Waals surface area contributed by atoms with Gasteiger partial charge in [0.25, 0.3) is 0 Å². The number of halogens is 1. The fraction of sp³-hybridized carbons (Fsp3) is 0.353. The van der Waals surface area contributed by atoms with Crippen LogP contribution in [0.2, 0.25) is 0 Å². The van der Waals surface area contributed by atoms with Gasteiger partial charge in [-0.05, 0) is 57.6 Å². The molecule has 0 bridgehead atoms. The lowest BCUT2D eigenvalue weighted by Gasteiger charge is -2.23. The van der Waals surface area contributed by atoms with Crippen molar-refractivity contribution >= 4 is 15.9 Å². The van der Waals surface area contributed by atoms with Gasteiger partial charge in [0.05, 0.1) is 5.69 Å². The van der Waals surface area contributed by atoms with Crippen LogP contribution in [-0.2, 0) is 12.0 Å². The van der Waals surface area contributed by atoms with Gasteiger partial charge in [-0.1, -0.05) is 32.9 Å². The first-order chi connectivity index (χ1) is 9.51. The van der Waals surface area contributed by atoms with Crippen LogP contribution in [0, 0.1) is 0 Å². The fourth-order valence-electron chi connectivity index (χ4n) is 1.86. The quantitative estimate of drug-likeness (QED) is 0.758. The van der Waals surface area contributed by atoms with E-state index in [-0.39, 0.29) is 5.41 Å². The normalized spacial score (nSPS) is 11.4. The summed E-state index contributed by atoms with van der Waals surface area (Å²) in [6.45, 7) is 7.22. The molecule has 2 nitrogen and oxygen atoms in total. The highest BCUT2D eigenvalue weighted by Gasteiger charge is 2.17. The summed E-state index contributed by atoms with van der Waals surface area (Å²) < 4.78 is 6.73. The first-order valence-electron chi connectivity index (χ1n) is 6.85. The minimum absolute atomic E-state index is 0.214. The summed E-state index contributed by atoms with van der Waals surface area (Å²) in [6, 6.07) is 12.3. The van der Waals surface area contributed by atoms with Gasteiger partial charge in [0.15, 0.2) is 0 Å². The summed E-state index contributed by atoms with van der Waals surface area (Å²) in [6.07, 6.45) is 2.90. The van der Waals surface area contributed by atoms with E-state index >= 15 is 0 Å². The molecule has 0 aliphatic heterocycles. The molecule has 0 radical (unpaired) electrons. The number of rotatable bonds is 5. The maximum absolute atomic E-state index is 5.76. The molecule has 1 aromatic heterocycles.